The molecule has 0 fully saturated rings. The van der Waals surface area contributed by atoms with Crippen LogP contribution in [0.5, 0.6) is 5.75 Å². The van der Waals surface area contributed by atoms with E-state index in [9.17, 15) is 0 Å². The number of nitrogens with one attached hydrogen (secondary N) is 1. The SMILES string of the molecule is CNc1nc(C)c(C)nc1-c1cccc2c1OCC2. The van der Waals surface area contributed by atoms with E-state index in [4.69, 9.17) is 4.74 Å². The Labute approximate surface area is 112 Å². The second-order valence-electron chi connectivity index (χ2n) is 4.73. The Balaban J connectivity index is 2.22. The first-order valence-electron chi connectivity index (χ1n) is 6.48. The monoisotopic (exact) mass is 255 g/mol. The number of ether oxygens (including phenoxy) is 1. The van der Waals surface area contributed by atoms with Crippen LogP contribution in [0, 0.1) is 13.8 Å². The molecule has 3 rings (SSSR count). The van der Waals surface area contributed by atoms with Gasteiger partial charge in [-0.05, 0) is 25.5 Å². The van der Waals surface area contributed by atoms with Gasteiger partial charge >= 0.3 is 0 Å². The normalized spacial score (nSPS) is 13.0. The zero-order valence-corrected chi connectivity index (χ0v) is 11.4. The highest BCUT2D eigenvalue weighted by molar-refractivity contribution is 5.78. The molecule has 1 N–H and O–H groups in total. The molecule has 1 aliphatic rings. The zero-order valence-electron chi connectivity index (χ0n) is 11.4. The number of nitrogens with zero attached hydrogens (tertiary/aromatic N) is 2. The molecule has 1 aromatic carbocycles. The van der Waals surface area contributed by atoms with Crippen molar-refractivity contribution in [2.75, 3.05) is 19.0 Å². The third-order valence-corrected chi connectivity index (χ3v) is 3.51. The number of hydrogen-bond acceptors (Lipinski definition) is 4. The third-order valence-electron chi connectivity index (χ3n) is 3.51. The number of benzene rings is 1. The molecule has 19 heavy (non-hydrogen) atoms. The fourth-order valence-electron chi connectivity index (χ4n) is 2.37. The lowest BCUT2D eigenvalue weighted by Gasteiger charge is -2.13. The third kappa shape index (κ3) is 1.93. The summed E-state index contributed by atoms with van der Waals surface area (Å²) < 4.78 is 5.76. The van der Waals surface area contributed by atoms with Gasteiger partial charge in [0, 0.05) is 19.0 Å². The van der Waals surface area contributed by atoms with Gasteiger partial charge in [0.1, 0.15) is 11.4 Å². The standard InChI is InChI=1S/C15H17N3O/c1-9-10(2)18-15(16-3)13(17-9)12-6-4-5-11-7-8-19-14(11)12/h4-6H,7-8H2,1-3H3,(H,16,18). The van der Waals surface area contributed by atoms with Gasteiger partial charge in [0.2, 0.25) is 0 Å². The minimum atomic E-state index is 0.750. The maximum Gasteiger partial charge on any atom is 0.152 e. The van der Waals surface area contributed by atoms with Crippen LogP contribution in [0.1, 0.15) is 17.0 Å². The number of para-hydroxylation sites is 1. The quantitative estimate of drug-likeness (QED) is 0.896. The molecule has 1 aromatic heterocycles. The van der Waals surface area contributed by atoms with Crippen LogP contribution in [0.15, 0.2) is 18.2 Å². The zero-order chi connectivity index (χ0) is 13.4. The number of anilines is 1. The van der Waals surface area contributed by atoms with Crippen LogP contribution in [-0.4, -0.2) is 23.6 Å². The van der Waals surface area contributed by atoms with Gasteiger partial charge in [0.15, 0.2) is 5.82 Å². The Bertz CT molecular complexity index is 638. The van der Waals surface area contributed by atoms with Crippen LogP contribution in [-0.2, 0) is 6.42 Å². The van der Waals surface area contributed by atoms with E-state index in [1.54, 1.807) is 0 Å². The number of rotatable bonds is 2. The van der Waals surface area contributed by atoms with Gasteiger partial charge in [0.25, 0.3) is 0 Å². The van der Waals surface area contributed by atoms with Crippen molar-refractivity contribution < 1.29 is 4.74 Å². The van der Waals surface area contributed by atoms with Crippen LogP contribution in [0.4, 0.5) is 5.82 Å². The molecule has 0 saturated heterocycles. The van der Waals surface area contributed by atoms with Crippen molar-refractivity contribution >= 4 is 5.82 Å². The van der Waals surface area contributed by atoms with E-state index < -0.39 is 0 Å². The summed E-state index contributed by atoms with van der Waals surface area (Å²) in [5.74, 6) is 1.75. The molecule has 4 nitrogen and oxygen atoms in total. The summed E-state index contributed by atoms with van der Waals surface area (Å²) >= 11 is 0. The molecule has 2 aromatic rings. The molecule has 1 aliphatic heterocycles. The van der Waals surface area contributed by atoms with Crippen molar-refractivity contribution in [3.63, 3.8) is 0 Å². The van der Waals surface area contributed by atoms with E-state index in [0.717, 1.165) is 47.2 Å². The predicted octanol–water partition coefficient (Wildman–Crippen LogP) is 2.74. The second-order valence-corrected chi connectivity index (χ2v) is 4.73. The number of aryl methyl sites for hydroxylation is 2. The lowest BCUT2D eigenvalue weighted by Crippen LogP contribution is -2.03. The molecule has 4 heteroatoms. The Hall–Kier alpha value is -2.10. The molecular formula is C15H17N3O. The van der Waals surface area contributed by atoms with Crippen molar-refractivity contribution in [1.29, 1.82) is 0 Å². The summed E-state index contributed by atoms with van der Waals surface area (Å²) in [7, 11) is 1.87. The number of fused-ring (bicyclic) bond motifs is 1. The fraction of sp³-hybridized carbons (Fsp3) is 0.333. The fourth-order valence-corrected chi connectivity index (χ4v) is 2.37. The van der Waals surface area contributed by atoms with Gasteiger partial charge in [-0.3, -0.25) is 0 Å². The van der Waals surface area contributed by atoms with Gasteiger partial charge < -0.3 is 10.1 Å². The summed E-state index contributed by atoms with van der Waals surface area (Å²) in [5, 5.41) is 3.12. The van der Waals surface area contributed by atoms with E-state index in [1.807, 2.05) is 27.0 Å². The lowest BCUT2D eigenvalue weighted by molar-refractivity contribution is 0.358. The summed E-state index contributed by atoms with van der Waals surface area (Å²) in [6.45, 7) is 4.70. The first-order chi connectivity index (χ1) is 9.20. The van der Waals surface area contributed by atoms with Crippen molar-refractivity contribution in [1.82, 2.24) is 9.97 Å². The average molecular weight is 255 g/mol. The molecule has 0 amide bonds. The maximum atomic E-state index is 5.76. The number of aromatic nitrogens is 2. The summed E-state index contributed by atoms with van der Waals surface area (Å²) in [6, 6.07) is 6.21. The smallest absolute Gasteiger partial charge is 0.152 e. The summed E-state index contributed by atoms with van der Waals surface area (Å²) in [4.78, 5) is 9.25. The van der Waals surface area contributed by atoms with E-state index in [2.05, 4.69) is 27.4 Å². The summed E-state index contributed by atoms with van der Waals surface area (Å²) in [6.07, 6.45) is 0.969. The highest BCUT2D eigenvalue weighted by Gasteiger charge is 2.20. The molecule has 0 radical (unpaired) electrons. The van der Waals surface area contributed by atoms with Crippen LogP contribution < -0.4 is 10.1 Å². The van der Waals surface area contributed by atoms with Crippen LogP contribution in [0.25, 0.3) is 11.3 Å². The first kappa shape index (κ1) is 12.0. The molecule has 0 atom stereocenters. The van der Waals surface area contributed by atoms with E-state index >= 15 is 0 Å². The molecule has 0 spiro atoms. The first-order valence-corrected chi connectivity index (χ1v) is 6.48. The van der Waals surface area contributed by atoms with Gasteiger partial charge in [-0.1, -0.05) is 12.1 Å². The van der Waals surface area contributed by atoms with Gasteiger partial charge in [-0.15, -0.1) is 0 Å². The van der Waals surface area contributed by atoms with Crippen LogP contribution in [0.3, 0.4) is 0 Å². The van der Waals surface area contributed by atoms with E-state index in [-0.39, 0.29) is 0 Å². The Morgan fingerprint density at radius 1 is 1.16 bits per heavy atom. The highest BCUT2D eigenvalue weighted by atomic mass is 16.5. The van der Waals surface area contributed by atoms with Crippen molar-refractivity contribution in [3.8, 4) is 17.0 Å². The maximum absolute atomic E-state index is 5.76. The van der Waals surface area contributed by atoms with Crippen molar-refractivity contribution in [2.24, 2.45) is 0 Å². The predicted molar refractivity (Wildman–Crippen MR) is 75.7 cm³/mol. The van der Waals surface area contributed by atoms with Crippen LogP contribution >= 0.6 is 0 Å². The molecule has 0 saturated carbocycles. The Morgan fingerprint density at radius 3 is 2.74 bits per heavy atom. The topological polar surface area (TPSA) is 47.0 Å². The molecule has 98 valence electrons. The molecular weight excluding hydrogens is 238 g/mol. The Morgan fingerprint density at radius 2 is 1.95 bits per heavy atom. The highest BCUT2D eigenvalue weighted by Crippen LogP contribution is 2.38. The lowest BCUT2D eigenvalue weighted by atomic mass is 10.0. The molecule has 0 bridgehead atoms. The Kier molecular flexibility index (Phi) is 2.85. The molecule has 0 aliphatic carbocycles. The van der Waals surface area contributed by atoms with Gasteiger partial charge in [0.05, 0.1) is 18.0 Å². The number of hydrogen-bond donors (Lipinski definition) is 1. The largest absolute Gasteiger partial charge is 0.492 e. The second kappa shape index (κ2) is 4.53. The van der Waals surface area contributed by atoms with Crippen LogP contribution in [0.2, 0.25) is 0 Å². The molecule has 0 unspecified atom stereocenters. The van der Waals surface area contributed by atoms with E-state index in [0.29, 0.717) is 0 Å². The minimum Gasteiger partial charge on any atom is -0.492 e. The van der Waals surface area contributed by atoms with E-state index in [1.165, 1.54) is 5.56 Å². The van der Waals surface area contributed by atoms with Crippen molar-refractivity contribution in [3.05, 3.63) is 35.2 Å². The average Bonchev–Trinajstić information content (AvgIpc) is 2.89. The van der Waals surface area contributed by atoms with Gasteiger partial charge in [-0.2, -0.15) is 0 Å². The van der Waals surface area contributed by atoms with Gasteiger partial charge in [-0.25, -0.2) is 9.97 Å². The minimum absolute atomic E-state index is 0.750. The molecule has 2 heterocycles. The summed E-state index contributed by atoms with van der Waals surface area (Å²) in [5.41, 5.74) is 5.03. The van der Waals surface area contributed by atoms with Crippen molar-refractivity contribution in [2.45, 2.75) is 20.3 Å².